The van der Waals surface area contributed by atoms with Gasteiger partial charge in [-0.2, -0.15) is 0 Å². The Hall–Kier alpha value is -2.54. The normalized spacial score (nSPS) is 13.2. The van der Waals surface area contributed by atoms with Gasteiger partial charge in [0.15, 0.2) is 0 Å². The third-order valence-corrected chi connectivity index (χ3v) is 4.51. The second-order valence-corrected chi connectivity index (χ2v) is 5.92. The van der Waals surface area contributed by atoms with Crippen molar-refractivity contribution in [3.05, 3.63) is 94.5 Å². The van der Waals surface area contributed by atoms with Crippen LogP contribution in [0.5, 0.6) is 11.5 Å². The number of benzene rings is 3. The number of rotatable bonds is 1. The van der Waals surface area contributed by atoms with Crippen molar-refractivity contribution >= 4 is 0 Å². The average molecular weight is 286 g/mol. The lowest BCUT2D eigenvalue weighted by atomic mass is 9.79. The number of fused-ring (bicyclic) bond motifs is 2. The summed E-state index contributed by atoms with van der Waals surface area (Å²) in [6, 6.07) is 23.3. The van der Waals surface area contributed by atoms with Crippen molar-refractivity contribution in [3.8, 4) is 11.5 Å². The molecule has 0 amide bonds. The molecule has 0 radical (unpaired) electrons. The number of ether oxygens (including phenoxy) is 1. The summed E-state index contributed by atoms with van der Waals surface area (Å²) in [6.45, 7) is 4.39. The third kappa shape index (κ3) is 1.93. The van der Waals surface area contributed by atoms with Crippen LogP contribution >= 0.6 is 0 Å². The molecule has 3 aromatic carbocycles. The van der Waals surface area contributed by atoms with Gasteiger partial charge < -0.3 is 4.74 Å². The Balaban J connectivity index is 2.03. The summed E-state index contributed by atoms with van der Waals surface area (Å²) >= 11 is 0. The zero-order chi connectivity index (χ0) is 15.1. The molecule has 0 N–H and O–H groups in total. The van der Waals surface area contributed by atoms with Gasteiger partial charge in [0.05, 0.1) is 0 Å². The maximum Gasteiger partial charge on any atom is 0.131 e. The summed E-state index contributed by atoms with van der Waals surface area (Å²) in [6.07, 6.45) is 0. The van der Waals surface area contributed by atoms with E-state index in [1.165, 1.54) is 27.8 Å². The molecule has 0 atom stereocenters. The number of hydrogen-bond donors (Lipinski definition) is 0. The maximum absolute atomic E-state index is 6.11. The van der Waals surface area contributed by atoms with Crippen LogP contribution in [-0.4, -0.2) is 0 Å². The molecule has 1 nitrogen and oxygen atoms in total. The van der Waals surface area contributed by atoms with Crippen LogP contribution in [0.15, 0.2) is 66.7 Å². The van der Waals surface area contributed by atoms with Crippen LogP contribution in [0.1, 0.15) is 33.7 Å². The predicted octanol–water partition coefficient (Wildman–Crippen LogP) is 5.59. The van der Waals surface area contributed by atoms with Crippen LogP contribution < -0.4 is 4.74 Å². The maximum atomic E-state index is 6.11. The van der Waals surface area contributed by atoms with Crippen molar-refractivity contribution in [1.29, 1.82) is 0 Å². The van der Waals surface area contributed by atoms with Gasteiger partial charge in [0, 0.05) is 17.0 Å². The minimum Gasteiger partial charge on any atom is -0.457 e. The van der Waals surface area contributed by atoms with Crippen LogP contribution in [0, 0.1) is 13.8 Å². The zero-order valence-corrected chi connectivity index (χ0v) is 12.8. The molecule has 3 aromatic rings. The van der Waals surface area contributed by atoms with Crippen molar-refractivity contribution < 1.29 is 4.74 Å². The van der Waals surface area contributed by atoms with Crippen molar-refractivity contribution in [3.63, 3.8) is 0 Å². The first-order chi connectivity index (χ1) is 10.8. The molecule has 1 aliphatic heterocycles. The summed E-state index contributed by atoms with van der Waals surface area (Å²) in [4.78, 5) is 0. The first-order valence-corrected chi connectivity index (χ1v) is 7.67. The van der Waals surface area contributed by atoms with E-state index in [9.17, 15) is 0 Å². The molecule has 0 saturated heterocycles. The second-order valence-electron chi connectivity index (χ2n) is 5.92. The quantitative estimate of drug-likeness (QED) is 0.443. The van der Waals surface area contributed by atoms with E-state index >= 15 is 0 Å². The fourth-order valence-electron chi connectivity index (χ4n) is 3.50. The summed E-state index contributed by atoms with van der Waals surface area (Å²) in [5, 5.41) is 0. The molecule has 0 aliphatic carbocycles. The van der Waals surface area contributed by atoms with E-state index in [1.807, 2.05) is 12.1 Å². The lowest BCUT2D eigenvalue weighted by Gasteiger charge is -2.30. The average Bonchev–Trinajstić information content (AvgIpc) is 2.54. The molecule has 0 aromatic heterocycles. The van der Waals surface area contributed by atoms with Gasteiger partial charge >= 0.3 is 0 Å². The molecule has 1 heteroatoms. The molecular formula is C21H18O. The zero-order valence-electron chi connectivity index (χ0n) is 12.8. The van der Waals surface area contributed by atoms with E-state index in [4.69, 9.17) is 4.74 Å². The Morgan fingerprint density at radius 1 is 0.636 bits per heavy atom. The van der Waals surface area contributed by atoms with Gasteiger partial charge in [-0.05, 0) is 42.7 Å². The number of hydrogen-bond acceptors (Lipinski definition) is 1. The number of aryl methyl sites for hydroxylation is 2. The van der Waals surface area contributed by atoms with Gasteiger partial charge in [-0.25, -0.2) is 0 Å². The van der Waals surface area contributed by atoms with Crippen molar-refractivity contribution in [1.82, 2.24) is 0 Å². The Morgan fingerprint density at radius 2 is 1.14 bits per heavy atom. The topological polar surface area (TPSA) is 9.23 Å². The Kier molecular flexibility index (Phi) is 3.00. The van der Waals surface area contributed by atoms with Crippen LogP contribution in [-0.2, 0) is 0 Å². The van der Waals surface area contributed by atoms with E-state index in [0.717, 1.165) is 11.5 Å². The molecule has 0 saturated carbocycles. The van der Waals surface area contributed by atoms with E-state index in [2.05, 4.69) is 68.4 Å². The molecule has 1 heterocycles. The fourth-order valence-corrected chi connectivity index (χ4v) is 3.50. The van der Waals surface area contributed by atoms with Crippen molar-refractivity contribution in [2.45, 2.75) is 19.8 Å². The highest BCUT2D eigenvalue weighted by atomic mass is 16.5. The van der Waals surface area contributed by atoms with E-state index in [0.29, 0.717) is 0 Å². The molecule has 108 valence electrons. The van der Waals surface area contributed by atoms with Crippen LogP contribution in [0.2, 0.25) is 0 Å². The molecule has 4 rings (SSSR count). The Labute approximate surface area is 131 Å². The Morgan fingerprint density at radius 3 is 1.68 bits per heavy atom. The summed E-state index contributed by atoms with van der Waals surface area (Å²) in [5.74, 6) is 2.17. The lowest BCUT2D eigenvalue weighted by Crippen LogP contribution is -2.13. The molecule has 0 unspecified atom stereocenters. The SMILES string of the molecule is Cc1cccc(C)c1C1c2ccccc2Oc2ccccc21. The Bertz CT molecular complexity index is 782. The smallest absolute Gasteiger partial charge is 0.131 e. The van der Waals surface area contributed by atoms with Crippen LogP contribution in [0.3, 0.4) is 0 Å². The summed E-state index contributed by atoms with van der Waals surface area (Å²) in [5.41, 5.74) is 6.55. The number of para-hydroxylation sites is 2. The monoisotopic (exact) mass is 286 g/mol. The minimum atomic E-state index is 0.238. The molecule has 0 fully saturated rings. The van der Waals surface area contributed by atoms with Gasteiger partial charge in [-0.15, -0.1) is 0 Å². The molecular weight excluding hydrogens is 268 g/mol. The van der Waals surface area contributed by atoms with E-state index < -0.39 is 0 Å². The lowest BCUT2D eigenvalue weighted by molar-refractivity contribution is 0.452. The van der Waals surface area contributed by atoms with Crippen molar-refractivity contribution in [2.24, 2.45) is 0 Å². The fraction of sp³-hybridized carbons (Fsp3) is 0.143. The molecule has 0 spiro atoms. The summed E-state index contributed by atoms with van der Waals surface area (Å²) in [7, 11) is 0. The third-order valence-electron chi connectivity index (χ3n) is 4.51. The highest BCUT2D eigenvalue weighted by Crippen LogP contribution is 2.48. The largest absolute Gasteiger partial charge is 0.457 e. The van der Waals surface area contributed by atoms with E-state index in [-0.39, 0.29) is 5.92 Å². The second kappa shape index (κ2) is 5.03. The van der Waals surface area contributed by atoms with Crippen LogP contribution in [0.4, 0.5) is 0 Å². The van der Waals surface area contributed by atoms with Gasteiger partial charge in [0.1, 0.15) is 11.5 Å². The molecule has 1 aliphatic rings. The van der Waals surface area contributed by atoms with Gasteiger partial charge in [-0.3, -0.25) is 0 Å². The highest BCUT2D eigenvalue weighted by Gasteiger charge is 2.29. The molecule has 22 heavy (non-hydrogen) atoms. The van der Waals surface area contributed by atoms with E-state index in [1.54, 1.807) is 0 Å². The standard InChI is InChI=1S/C21H18O/c1-14-8-7-9-15(2)20(14)21-16-10-3-5-12-18(16)22-19-13-6-4-11-17(19)21/h3-13,21H,1-2H3. The van der Waals surface area contributed by atoms with Gasteiger partial charge in [-0.1, -0.05) is 54.6 Å². The van der Waals surface area contributed by atoms with Crippen LogP contribution in [0.25, 0.3) is 0 Å². The van der Waals surface area contributed by atoms with Gasteiger partial charge in [0.2, 0.25) is 0 Å². The predicted molar refractivity (Wildman–Crippen MR) is 89.8 cm³/mol. The first kappa shape index (κ1) is 13.1. The summed E-state index contributed by atoms with van der Waals surface area (Å²) < 4.78 is 6.11. The minimum absolute atomic E-state index is 0.238. The van der Waals surface area contributed by atoms with Gasteiger partial charge in [0.25, 0.3) is 0 Å². The molecule has 0 bridgehead atoms. The first-order valence-electron chi connectivity index (χ1n) is 7.67. The highest BCUT2D eigenvalue weighted by molar-refractivity contribution is 5.60. The van der Waals surface area contributed by atoms with Crippen molar-refractivity contribution in [2.75, 3.05) is 0 Å².